The summed E-state index contributed by atoms with van der Waals surface area (Å²) in [5.41, 5.74) is -0.991. The average molecular weight is 903 g/mol. The van der Waals surface area contributed by atoms with Crippen molar-refractivity contribution in [1.29, 1.82) is 0 Å². The zero-order valence-corrected chi connectivity index (χ0v) is 39.2. The number of esters is 4. The standard InChI is InChI=1S/C44H78N4O15/c1-9-57-37(51)33(38(52)58-10-2)35(49)45-27-19-13-15-21-29-47-41(55)61-31-23-17-25-43(5,6)62-32-24-18-26-44(7,8)63-42(56)48-30-22-16-14-20-28-46-36(50)34(39(53)59-11-3)40(54)60-12-4/h33-34H,9-32H2,1-8H3,(H,45,49)(H,46,50)(H,47,55)(H,48,56). The maximum atomic E-state index is 12.4. The van der Waals surface area contributed by atoms with Gasteiger partial charge in [0.05, 0.1) is 38.6 Å². The molecule has 364 valence electrons. The lowest BCUT2D eigenvalue weighted by Gasteiger charge is -2.27. The van der Waals surface area contributed by atoms with Crippen LogP contribution in [-0.4, -0.2) is 125 Å². The Morgan fingerprint density at radius 3 is 1.14 bits per heavy atom. The van der Waals surface area contributed by atoms with E-state index in [1.54, 1.807) is 27.7 Å². The van der Waals surface area contributed by atoms with Gasteiger partial charge in [0.15, 0.2) is 0 Å². The summed E-state index contributed by atoms with van der Waals surface area (Å²) >= 11 is 0. The van der Waals surface area contributed by atoms with Crippen LogP contribution in [-0.2, 0) is 61.9 Å². The van der Waals surface area contributed by atoms with Crippen LogP contribution in [0, 0.1) is 11.8 Å². The highest BCUT2D eigenvalue weighted by Crippen LogP contribution is 2.21. The van der Waals surface area contributed by atoms with E-state index in [1.807, 2.05) is 27.7 Å². The van der Waals surface area contributed by atoms with Crippen LogP contribution in [0.15, 0.2) is 0 Å². The van der Waals surface area contributed by atoms with Crippen LogP contribution < -0.4 is 21.3 Å². The fourth-order valence-corrected chi connectivity index (χ4v) is 6.02. The average Bonchev–Trinajstić information content (AvgIpc) is 3.19. The Morgan fingerprint density at radius 2 is 0.746 bits per heavy atom. The third-order valence-electron chi connectivity index (χ3n) is 9.40. The van der Waals surface area contributed by atoms with E-state index in [9.17, 15) is 38.4 Å². The molecule has 0 rings (SSSR count). The minimum atomic E-state index is -1.64. The Hall–Kier alpha value is -4.68. The normalized spacial score (nSPS) is 11.3. The van der Waals surface area contributed by atoms with Crippen molar-refractivity contribution in [1.82, 2.24) is 21.3 Å². The van der Waals surface area contributed by atoms with Crippen LogP contribution in [0.2, 0.25) is 0 Å². The Morgan fingerprint density at radius 1 is 0.397 bits per heavy atom. The Bertz CT molecular complexity index is 1340. The van der Waals surface area contributed by atoms with Gasteiger partial charge >= 0.3 is 36.1 Å². The van der Waals surface area contributed by atoms with E-state index in [0.717, 1.165) is 57.8 Å². The number of carbonyl (C=O) groups excluding carboxylic acids is 8. The molecule has 0 fully saturated rings. The van der Waals surface area contributed by atoms with Gasteiger partial charge in [-0.05, 0) is 120 Å². The quantitative estimate of drug-likeness (QED) is 0.0273. The van der Waals surface area contributed by atoms with Crippen molar-refractivity contribution >= 4 is 47.9 Å². The Labute approximate surface area is 374 Å². The molecular weight excluding hydrogens is 824 g/mol. The van der Waals surface area contributed by atoms with Crippen LogP contribution >= 0.6 is 0 Å². The second-order valence-corrected chi connectivity index (χ2v) is 15.9. The van der Waals surface area contributed by atoms with E-state index in [-0.39, 0.29) is 45.1 Å². The summed E-state index contributed by atoms with van der Waals surface area (Å²) in [5.74, 6) is -8.52. The lowest BCUT2D eigenvalue weighted by atomic mass is 10.00. The van der Waals surface area contributed by atoms with Gasteiger partial charge in [-0.15, -0.1) is 0 Å². The zero-order valence-electron chi connectivity index (χ0n) is 39.2. The topological polar surface area (TPSA) is 249 Å². The van der Waals surface area contributed by atoms with E-state index >= 15 is 0 Å². The smallest absolute Gasteiger partial charge is 0.407 e. The van der Waals surface area contributed by atoms with E-state index in [0.29, 0.717) is 58.4 Å². The molecule has 19 heteroatoms. The first-order chi connectivity index (χ1) is 29.9. The summed E-state index contributed by atoms with van der Waals surface area (Å²) in [6.45, 7) is 16.6. The Kier molecular flexibility index (Phi) is 32.2. The lowest BCUT2D eigenvalue weighted by molar-refractivity contribution is -0.167. The number of ether oxygens (including phenoxy) is 7. The van der Waals surface area contributed by atoms with Crippen LogP contribution in [0.25, 0.3) is 0 Å². The number of unbranched alkanes of at least 4 members (excludes halogenated alkanes) is 8. The first-order valence-electron chi connectivity index (χ1n) is 22.7. The fraction of sp³-hybridized carbons (Fsp3) is 0.818. The summed E-state index contributed by atoms with van der Waals surface area (Å²) in [7, 11) is 0. The Balaban J connectivity index is 4.01. The minimum Gasteiger partial charge on any atom is -0.465 e. The molecule has 0 heterocycles. The van der Waals surface area contributed by atoms with Crippen molar-refractivity contribution in [3.8, 4) is 0 Å². The van der Waals surface area contributed by atoms with Gasteiger partial charge in [-0.2, -0.15) is 0 Å². The van der Waals surface area contributed by atoms with Crippen LogP contribution in [0.1, 0.15) is 145 Å². The second kappa shape index (κ2) is 34.8. The summed E-state index contributed by atoms with van der Waals surface area (Å²) < 4.78 is 36.3. The summed E-state index contributed by atoms with van der Waals surface area (Å²) in [6, 6.07) is 0. The van der Waals surface area contributed by atoms with Crippen molar-refractivity contribution in [2.45, 2.75) is 156 Å². The second-order valence-electron chi connectivity index (χ2n) is 15.9. The number of carbonyl (C=O) groups is 8. The number of rotatable bonds is 36. The monoisotopic (exact) mass is 903 g/mol. The summed E-state index contributed by atoms with van der Waals surface area (Å²) in [6.07, 6.45) is 9.49. The van der Waals surface area contributed by atoms with Crippen LogP contribution in [0.5, 0.6) is 0 Å². The lowest BCUT2D eigenvalue weighted by Crippen LogP contribution is -2.42. The van der Waals surface area contributed by atoms with E-state index < -0.39 is 65.3 Å². The molecule has 0 saturated carbocycles. The van der Waals surface area contributed by atoms with Gasteiger partial charge in [0, 0.05) is 32.8 Å². The SMILES string of the molecule is CCOC(=O)C(C(=O)NCCCCCCNC(=O)OCCCCC(C)(C)OCCCCC(C)(C)OC(=O)NCCCCCCNC(=O)C(C(=O)OCC)C(=O)OCC)C(=O)OCC. The number of amides is 4. The molecule has 0 aliphatic rings. The highest BCUT2D eigenvalue weighted by molar-refractivity contribution is 6.14. The van der Waals surface area contributed by atoms with Gasteiger partial charge in [0.25, 0.3) is 0 Å². The molecule has 63 heavy (non-hydrogen) atoms. The highest BCUT2D eigenvalue weighted by Gasteiger charge is 2.37. The first kappa shape index (κ1) is 58.3. The molecule has 4 amide bonds. The third-order valence-corrected chi connectivity index (χ3v) is 9.40. The zero-order chi connectivity index (χ0) is 47.5. The molecule has 4 N–H and O–H groups in total. The van der Waals surface area contributed by atoms with Crippen molar-refractivity contribution in [3.05, 3.63) is 0 Å². The largest absolute Gasteiger partial charge is 0.465 e. The fourth-order valence-electron chi connectivity index (χ4n) is 6.02. The predicted octanol–water partition coefficient (Wildman–Crippen LogP) is 5.19. The maximum absolute atomic E-state index is 12.4. The van der Waals surface area contributed by atoms with Crippen LogP contribution in [0.3, 0.4) is 0 Å². The van der Waals surface area contributed by atoms with Gasteiger partial charge in [-0.25, -0.2) is 9.59 Å². The van der Waals surface area contributed by atoms with Crippen molar-refractivity contribution < 1.29 is 71.5 Å². The summed E-state index contributed by atoms with van der Waals surface area (Å²) in [4.78, 5) is 97.3. The van der Waals surface area contributed by atoms with E-state index in [2.05, 4.69) is 21.3 Å². The number of hydrogen-bond donors (Lipinski definition) is 4. The predicted molar refractivity (Wildman–Crippen MR) is 232 cm³/mol. The molecule has 0 saturated heterocycles. The van der Waals surface area contributed by atoms with E-state index in [4.69, 9.17) is 33.2 Å². The molecule has 0 bridgehead atoms. The summed E-state index contributed by atoms with van der Waals surface area (Å²) in [5, 5.41) is 10.7. The molecule has 0 aromatic carbocycles. The number of alkyl carbamates (subject to hydrolysis) is 2. The van der Waals surface area contributed by atoms with Gasteiger partial charge < -0.3 is 54.4 Å². The van der Waals surface area contributed by atoms with Gasteiger partial charge in [-0.1, -0.05) is 25.7 Å². The first-order valence-corrected chi connectivity index (χ1v) is 22.7. The van der Waals surface area contributed by atoms with Crippen molar-refractivity contribution in [3.63, 3.8) is 0 Å². The number of nitrogens with one attached hydrogen (secondary N) is 4. The van der Waals surface area contributed by atoms with Gasteiger partial charge in [0.1, 0.15) is 5.60 Å². The van der Waals surface area contributed by atoms with Crippen LogP contribution in [0.4, 0.5) is 9.59 Å². The minimum absolute atomic E-state index is 0.0392. The molecule has 0 aromatic rings. The maximum Gasteiger partial charge on any atom is 0.407 e. The molecule has 0 atom stereocenters. The third kappa shape index (κ3) is 29.3. The molecule has 0 radical (unpaired) electrons. The number of hydrogen-bond acceptors (Lipinski definition) is 15. The molecule has 0 aromatic heterocycles. The molecular formula is C44H78N4O15. The molecule has 0 aliphatic carbocycles. The molecule has 19 nitrogen and oxygen atoms in total. The molecule has 0 aliphatic heterocycles. The van der Waals surface area contributed by atoms with Crippen molar-refractivity contribution in [2.24, 2.45) is 11.8 Å². The molecule has 0 spiro atoms. The molecule has 0 unspecified atom stereocenters. The van der Waals surface area contributed by atoms with Crippen molar-refractivity contribution in [2.75, 3.05) is 65.8 Å². The van der Waals surface area contributed by atoms with E-state index in [1.165, 1.54) is 0 Å². The van der Waals surface area contributed by atoms with Gasteiger partial charge in [0.2, 0.25) is 23.7 Å². The van der Waals surface area contributed by atoms with Gasteiger partial charge in [-0.3, -0.25) is 28.8 Å². The highest BCUT2D eigenvalue weighted by atomic mass is 16.6.